The van der Waals surface area contributed by atoms with Crippen molar-refractivity contribution in [1.82, 2.24) is 0 Å². The average Bonchev–Trinajstić information content (AvgIpc) is 2.72. The van der Waals surface area contributed by atoms with E-state index in [0.717, 1.165) is 5.54 Å². The standard InChI is InChI=1S/C12H14SSi/c1-10(12-8-5-9-13-12)14-11-6-3-2-4-7-11/h2-10H,14H2,1H3. The third-order valence-corrected chi connectivity index (χ3v) is 5.81. The van der Waals surface area contributed by atoms with Crippen molar-refractivity contribution in [2.24, 2.45) is 0 Å². The summed E-state index contributed by atoms with van der Waals surface area (Å²) in [6.45, 7) is 2.35. The first-order valence-corrected chi connectivity index (χ1v) is 7.34. The van der Waals surface area contributed by atoms with E-state index in [9.17, 15) is 0 Å². The summed E-state index contributed by atoms with van der Waals surface area (Å²) in [6, 6.07) is 15.3. The predicted octanol–water partition coefficient (Wildman–Crippen LogP) is 2.30. The molecule has 2 rings (SSSR count). The molecular formula is C12H14SSi. The van der Waals surface area contributed by atoms with Gasteiger partial charge in [-0.05, 0) is 17.0 Å². The zero-order valence-corrected chi connectivity index (χ0v) is 10.5. The van der Waals surface area contributed by atoms with Crippen LogP contribution < -0.4 is 5.19 Å². The highest BCUT2D eigenvalue weighted by molar-refractivity contribution is 7.10. The molecule has 0 radical (unpaired) electrons. The minimum absolute atomic E-state index is 0.146. The van der Waals surface area contributed by atoms with Crippen molar-refractivity contribution in [2.75, 3.05) is 0 Å². The summed E-state index contributed by atoms with van der Waals surface area (Å²) < 4.78 is 0. The van der Waals surface area contributed by atoms with Gasteiger partial charge < -0.3 is 0 Å². The Labute approximate surface area is 91.4 Å². The second kappa shape index (κ2) is 4.58. The zero-order chi connectivity index (χ0) is 9.80. The number of benzene rings is 1. The third-order valence-electron chi connectivity index (χ3n) is 2.41. The molecule has 0 N–H and O–H groups in total. The van der Waals surface area contributed by atoms with Gasteiger partial charge in [0, 0.05) is 4.88 Å². The van der Waals surface area contributed by atoms with E-state index < -0.39 is 0 Å². The van der Waals surface area contributed by atoms with Gasteiger partial charge in [-0.2, -0.15) is 0 Å². The van der Waals surface area contributed by atoms with E-state index >= 15 is 0 Å². The van der Waals surface area contributed by atoms with Crippen LogP contribution >= 0.6 is 11.3 Å². The van der Waals surface area contributed by atoms with E-state index in [0.29, 0.717) is 0 Å². The fourth-order valence-electron chi connectivity index (χ4n) is 1.64. The highest BCUT2D eigenvalue weighted by atomic mass is 32.1. The lowest BCUT2D eigenvalue weighted by atomic mass is 10.4. The highest BCUT2D eigenvalue weighted by Crippen LogP contribution is 2.19. The van der Waals surface area contributed by atoms with Crippen molar-refractivity contribution < 1.29 is 0 Å². The Morgan fingerprint density at radius 1 is 1.07 bits per heavy atom. The summed E-state index contributed by atoms with van der Waals surface area (Å²) in [5, 5.41) is 3.74. The van der Waals surface area contributed by atoms with Gasteiger partial charge in [-0.15, -0.1) is 11.3 Å². The summed E-state index contributed by atoms with van der Waals surface area (Å²) in [4.78, 5) is 1.54. The van der Waals surface area contributed by atoms with E-state index in [-0.39, 0.29) is 9.52 Å². The van der Waals surface area contributed by atoms with Crippen molar-refractivity contribution in [3.63, 3.8) is 0 Å². The zero-order valence-electron chi connectivity index (χ0n) is 8.31. The molecule has 0 spiro atoms. The van der Waals surface area contributed by atoms with Crippen molar-refractivity contribution in [1.29, 1.82) is 0 Å². The lowest BCUT2D eigenvalue weighted by molar-refractivity contribution is 1.11. The van der Waals surface area contributed by atoms with Crippen LogP contribution in [0.5, 0.6) is 0 Å². The maximum Gasteiger partial charge on any atom is 0.0631 e. The molecule has 1 unspecified atom stereocenters. The molecule has 0 bridgehead atoms. The summed E-state index contributed by atoms with van der Waals surface area (Å²) in [7, 11) is -0.146. The van der Waals surface area contributed by atoms with Gasteiger partial charge in [-0.1, -0.05) is 48.5 Å². The average molecular weight is 218 g/mol. The lowest BCUT2D eigenvalue weighted by Crippen LogP contribution is -2.18. The number of hydrogen-bond acceptors (Lipinski definition) is 1. The first kappa shape index (κ1) is 9.68. The van der Waals surface area contributed by atoms with Gasteiger partial charge in [0.2, 0.25) is 0 Å². The first-order chi connectivity index (χ1) is 6.86. The Bertz CT molecular complexity index is 366. The maximum absolute atomic E-state index is 2.35. The van der Waals surface area contributed by atoms with E-state index in [2.05, 4.69) is 54.8 Å². The van der Waals surface area contributed by atoms with E-state index in [1.54, 1.807) is 10.1 Å². The van der Waals surface area contributed by atoms with Crippen LogP contribution in [-0.2, 0) is 0 Å². The first-order valence-electron chi connectivity index (χ1n) is 4.93. The SMILES string of the molecule is CC([SiH2]c1ccccc1)c1cccs1. The molecular weight excluding hydrogens is 204 g/mol. The van der Waals surface area contributed by atoms with Crippen LogP contribution in [0.1, 0.15) is 17.3 Å². The molecule has 72 valence electrons. The predicted molar refractivity (Wildman–Crippen MR) is 67.4 cm³/mol. The Morgan fingerprint density at radius 3 is 2.50 bits per heavy atom. The fourth-order valence-corrected chi connectivity index (χ4v) is 4.47. The summed E-state index contributed by atoms with van der Waals surface area (Å²) >= 11 is 1.88. The lowest BCUT2D eigenvalue weighted by Gasteiger charge is -2.07. The van der Waals surface area contributed by atoms with Crippen molar-refractivity contribution >= 4 is 26.0 Å². The third kappa shape index (κ3) is 2.34. The van der Waals surface area contributed by atoms with Crippen molar-refractivity contribution in [2.45, 2.75) is 12.5 Å². The second-order valence-electron chi connectivity index (χ2n) is 3.61. The quantitative estimate of drug-likeness (QED) is 0.694. The molecule has 1 aromatic carbocycles. The van der Waals surface area contributed by atoms with Crippen LogP contribution in [0.15, 0.2) is 47.8 Å². The number of hydrogen-bond donors (Lipinski definition) is 0. The Kier molecular flexibility index (Phi) is 3.17. The molecule has 2 aromatic rings. The van der Waals surface area contributed by atoms with Gasteiger partial charge in [0.1, 0.15) is 0 Å². The van der Waals surface area contributed by atoms with Crippen LogP contribution in [-0.4, -0.2) is 9.52 Å². The largest absolute Gasteiger partial charge is 0.149 e. The Hall–Kier alpha value is -0.863. The van der Waals surface area contributed by atoms with Gasteiger partial charge >= 0.3 is 0 Å². The molecule has 1 heterocycles. The van der Waals surface area contributed by atoms with Crippen LogP contribution in [0.4, 0.5) is 0 Å². The van der Waals surface area contributed by atoms with Gasteiger partial charge in [-0.3, -0.25) is 0 Å². The molecule has 0 saturated heterocycles. The monoisotopic (exact) mass is 218 g/mol. The Morgan fingerprint density at radius 2 is 1.86 bits per heavy atom. The molecule has 0 saturated carbocycles. The van der Waals surface area contributed by atoms with Crippen LogP contribution in [0.25, 0.3) is 0 Å². The molecule has 0 amide bonds. The molecule has 14 heavy (non-hydrogen) atoms. The van der Waals surface area contributed by atoms with Gasteiger partial charge in [0.25, 0.3) is 0 Å². The highest BCUT2D eigenvalue weighted by Gasteiger charge is 2.07. The van der Waals surface area contributed by atoms with Gasteiger partial charge in [0.15, 0.2) is 0 Å². The summed E-state index contributed by atoms with van der Waals surface area (Å²) in [5.74, 6) is 0. The van der Waals surface area contributed by atoms with E-state index in [1.807, 2.05) is 11.3 Å². The van der Waals surface area contributed by atoms with Gasteiger partial charge in [-0.25, -0.2) is 0 Å². The molecule has 1 aromatic heterocycles. The number of rotatable bonds is 3. The van der Waals surface area contributed by atoms with Crippen LogP contribution in [0, 0.1) is 0 Å². The molecule has 0 aliphatic heterocycles. The smallest absolute Gasteiger partial charge is 0.0631 e. The molecule has 0 fully saturated rings. The Balaban J connectivity index is 2.06. The maximum atomic E-state index is 2.35. The van der Waals surface area contributed by atoms with Gasteiger partial charge in [0.05, 0.1) is 9.52 Å². The van der Waals surface area contributed by atoms with Crippen molar-refractivity contribution in [3.8, 4) is 0 Å². The summed E-state index contributed by atoms with van der Waals surface area (Å²) in [6.07, 6.45) is 0. The van der Waals surface area contributed by atoms with Crippen LogP contribution in [0.2, 0.25) is 0 Å². The molecule has 2 heteroatoms. The topological polar surface area (TPSA) is 0 Å². The molecule has 1 atom stereocenters. The second-order valence-corrected chi connectivity index (χ2v) is 7.03. The molecule has 0 aliphatic rings. The normalized spacial score (nSPS) is 13.5. The van der Waals surface area contributed by atoms with Crippen LogP contribution in [0.3, 0.4) is 0 Å². The summed E-state index contributed by atoms with van der Waals surface area (Å²) in [5.41, 5.74) is 0.775. The molecule has 0 aliphatic carbocycles. The van der Waals surface area contributed by atoms with E-state index in [4.69, 9.17) is 0 Å². The minimum Gasteiger partial charge on any atom is -0.149 e. The molecule has 0 nitrogen and oxygen atoms in total. The minimum atomic E-state index is -0.146. The fraction of sp³-hybridized carbons (Fsp3) is 0.167. The van der Waals surface area contributed by atoms with E-state index in [1.165, 1.54) is 0 Å². The van der Waals surface area contributed by atoms with Crippen molar-refractivity contribution in [3.05, 3.63) is 52.7 Å². The number of thiophene rings is 1.